The van der Waals surface area contributed by atoms with Crippen LogP contribution in [-0.2, 0) is 4.79 Å². The molecule has 152 valence electrons. The lowest BCUT2D eigenvalue weighted by atomic mass is 10.1. The van der Waals surface area contributed by atoms with Crippen molar-refractivity contribution in [3.63, 3.8) is 0 Å². The molecule has 0 saturated carbocycles. The van der Waals surface area contributed by atoms with Gasteiger partial charge in [-0.15, -0.1) is 11.3 Å². The van der Waals surface area contributed by atoms with Crippen molar-refractivity contribution in [3.05, 3.63) is 70.2 Å². The number of hydrogen-bond acceptors (Lipinski definition) is 5. The Morgan fingerprint density at radius 3 is 2.73 bits per heavy atom. The van der Waals surface area contributed by atoms with Crippen molar-refractivity contribution in [2.75, 3.05) is 5.32 Å². The molecule has 0 radical (unpaired) electrons. The fraction of sp³-hybridized carbons (Fsp3) is 0.217. The number of aromatic nitrogens is 3. The maximum absolute atomic E-state index is 13.0. The van der Waals surface area contributed by atoms with E-state index in [0.29, 0.717) is 34.1 Å². The molecule has 6 nitrogen and oxygen atoms in total. The average Bonchev–Trinajstić information content (AvgIpc) is 3.34. The van der Waals surface area contributed by atoms with Gasteiger partial charge in [0.25, 0.3) is 0 Å². The molecule has 0 aliphatic heterocycles. The molecule has 0 spiro atoms. The van der Waals surface area contributed by atoms with Gasteiger partial charge in [-0.1, -0.05) is 32.0 Å². The number of anilines is 1. The summed E-state index contributed by atoms with van der Waals surface area (Å²) in [5.74, 6) is 0.206. The van der Waals surface area contributed by atoms with Crippen LogP contribution in [0.1, 0.15) is 41.2 Å². The van der Waals surface area contributed by atoms with Crippen molar-refractivity contribution in [3.8, 4) is 11.3 Å². The van der Waals surface area contributed by atoms with Crippen molar-refractivity contribution >= 4 is 34.4 Å². The van der Waals surface area contributed by atoms with Gasteiger partial charge in [-0.3, -0.25) is 9.59 Å². The molecule has 0 aliphatic rings. The van der Waals surface area contributed by atoms with Crippen LogP contribution < -0.4 is 5.32 Å². The second-order valence-corrected chi connectivity index (χ2v) is 8.51. The lowest BCUT2D eigenvalue weighted by Crippen LogP contribution is -2.13. The van der Waals surface area contributed by atoms with E-state index in [2.05, 4.69) is 15.4 Å². The number of ketones is 1. The van der Waals surface area contributed by atoms with Crippen LogP contribution in [0.4, 0.5) is 5.69 Å². The van der Waals surface area contributed by atoms with Crippen molar-refractivity contribution in [2.24, 2.45) is 5.92 Å². The minimum atomic E-state index is -0.0724. The van der Waals surface area contributed by atoms with E-state index in [1.165, 1.54) is 11.3 Å². The summed E-state index contributed by atoms with van der Waals surface area (Å²) in [6.45, 7) is 5.85. The standard InChI is InChI=1S/C23H22N4O2S/c1-14(2)12-20(28)25-17-7-4-6-16(13-17)18-9-10-24-23-21(15(3)26-27(18)23)22(29)19-8-5-11-30-19/h4-11,13-14H,12H2,1-3H3,(H,25,28). The SMILES string of the molecule is Cc1nn2c(-c3cccc(NC(=O)CC(C)C)c3)ccnc2c1C(=O)c1cccs1. The lowest BCUT2D eigenvalue weighted by Gasteiger charge is -2.10. The molecule has 0 saturated heterocycles. The van der Waals surface area contributed by atoms with E-state index in [1.54, 1.807) is 10.7 Å². The smallest absolute Gasteiger partial charge is 0.224 e. The van der Waals surface area contributed by atoms with E-state index >= 15 is 0 Å². The molecule has 0 unspecified atom stereocenters. The van der Waals surface area contributed by atoms with E-state index < -0.39 is 0 Å². The first-order valence-electron chi connectivity index (χ1n) is 9.77. The predicted octanol–water partition coefficient (Wildman–Crippen LogP) is 4.98. The molecule has 1 amide bonds. The van der Waals surface area contributed by atoms with Gasteiger partial charge < -0.3 is 5.32 Å². The second-order valence-electron chi connectivity index (χ2n) is 7.56. The highest BCUT2D eigenvalue weighted by atomic mass is 32.1. The van der Waals surface area contributed by atoms with Gasteiger partial charge in [-0.2, -0.15) is 5.10 Å². The highest BCUT2D eigenvalue weighted by Crippen LogP contribution is 2.27. The van der Waals surface area contributed by atoms with Crippen LogP contribution in [0.3, 0.4) is 0 Å². The van der Waals surface area contributed by atoms with Crippen LogP contribution in [0.25, 0.3) is 16.9 Å². The summed E-state index contributed by atoms with van der Waals surface area (Å²) >= 11 is 1.40. The molecule has 1 N–H and O–H groups in total. The Morgan fingerprint density at radius 2 is 2.00 bits per heavy atom. The molecule has 0 fully saturated rings. The van der Waals surface area contributed by atoms with Crippen LogP contribution in [-0.4, -0.2) is 26.3 Å². The van der Waals surface area contributed by atoms with Crippen LogP contribution in [0.5, 0.6) is 0 Å². The van der Waals surface area contributed by atoms with Gasteiger partial charge in [-0.05, 0) is 42.5 Å². The number of carbonyl (C=O) groups excluding carboxylic acids is 2. The van der Waals surface area contributed by atoms with Crippen molar-refractivity contribution in [2.45, 2.75) is 27.2 Å². The van der Waals surface area contributed by atoms with E-state index in [0.717, 1.165) is 16.9 Å². The van der Waals surface area contributed by atoms with E-state index in [9.17, 15) is 9.59 Å². The predicted molar refractivity (Wildman–Crippen MR) is 119 cm³/mol. The first-order valence-corrected chi connectivity index (χ1v) is 10.6. The van der Waals surface area contributed by atoms with Gasteiger partial charge >= 0.3 is 0 Å². The number of thiophene rings is 1. The Labute approximate surface area is 178 Å². The Balaban J connectivity index is 1.74. The molecule has 3 heterocycles. The maximum atomic E-state index is 13.0. The maximum Gasteiger partial charge on any atom is 0.224 e. The number of rotatable bonds is 6. The summed E-state index contributed by atoms with van der Waals surface area (Å²) in [4.78, 5) is 30.2. The number of carbonyl (C=O) groups is 2. The lowest BCUT2D eigenvalue weighted by molar-refractivity contribution is -0.116. The first-order chi connectivity index (χ1) is 14.4. The van der Waals surface area contributed by atoms with E-state index in [4.69, 9.17) is 0 Å². The minimum Gasteiger partial charge on any atom is -0.326 e. The highest BCUT2D eigenvalue weighted by Gasteiger charge is 2.22. The van der Waals surface area contributed by atoms with Crippen LogP contribution in [0.2, 0.25) is 0 Å². The summed E-state index contributed by atoms with van der Waals surface area (Å²) in [5, 5.41) is 9.43. The number of amides is 1. The third-order valence-corrected chi connectivity index (χ3v) is 5.57. The Bertz CT molecular complexity index is 1230. The van der Waals surface area contributed by atoms with Crippen molar-refractivity contribution in [1.82, 2.24) is 14.6 Å². The fourth-order valence-electron chi connectivity index (χ4n) is 3.41. The van der Waals surface area contributed by atoms with E-state index in [1.807, 2.05) is 68.6 Å². The number of fused-ring (bicyclic) bond motifs is 1. The molecule has 0 atom stereocenters. The summed E-state index contributed by atoms with van der Waals surface area (Å²) in [5.41, 5.74) is 4.07. The number of aryl methyl sites for hydroxylation is 1. The molecule has 3 aromatic heterocycles. The summed E-state index contributed by atoms with van der Waals surface area (Å²) in [7, 11) is 0. The number of benzene rings is 1. The zero-order chi connectivity index (χ0) is 21.3. The van der Waals surface area contributed by atoms with Crippen LogP contribution in [0, 0.1) is 12.8 Å². The minimum absolute atomic E-state index is 0.0132. The third kappa shape index (κ3) is 3.89. The molecule has 0 aliphatic carbocycles. The zero-order valence-corrected chi connectivity index (χ0v) is 17.9. The van der Waals surface area contributed by atoms with Crippen molar-refractivity contribution in [1.29, 1.82) is 0 Å². The number of hydrogen-bond donors (Lipinski definition) is 1. The van der Waals surface area contributed by atoms with Crippen molar-refractivity contribution < 1.29 is 9.59 Å². The quantitative estimate of drug-likeness (QED) is 0.448. The van der Waals surface area contributed by atoms with Crippen LogP contribution in [0.15, 0.2) is 54.0 Å². The van der Waals surface area contributed by atoms with Gasteiger partial charge in [0.1, 0.15) is 0 Å². The highest BCUT2D eigenvalue weighted by molar-refractivity contribution is 7.12. The second kappa shape index (κ2) is 8.20. The van der Waals surface area contributed by atoms with Gasteiger partial charge in [0.05, 0.1) is 21.8 Å². The normalized spacial score (nSPS) is 11.2. The molecule has 30 heavy (non-hydrogen) atoms. The van der Waals surface area contributed by atoms with Gasteiger partial charge in [0.2, 0.25) is 11.7 Å². The molecule has 0 bridgehead atoms. The molecule has 4 aromatic rings. The molecular formula is C23H22N4O2S. The summed E-state index contributed by atoms with van der Waals surface area (Å²) in [6.07, 6.45) is 2.15. The Kier molecular flexibility index (Phi) is 5.46. The zero-order valence-electron chi connectivity index (χ0n) is 17.0. The topological polar surface area (TPSA) is 76.4 Å². The molecule has 7 heteroatoms. The monoisotopic (exact) mass is 418 g/mol. The summed E-state index contributed by atoms with van der Waals surface area (Å²) < 4.78 is 1.70. The summed E-state index contributed by atoms with van der Waals surface area (Å²) in [6, 6.07) is 13.1. The molecule has 4 rings (SSSR count). The van der Waals surface area contributed by atoms with Gasteiger partial charge in [0, 0.05) is 23.9 Å². The van der Waals surface area contributed by atoms with Gasteiger partial charge in [0.15, 0.2) is 5.65 Å². The van der Waals surface area contributed by atoms with Gasteiger partial charge in [-0.25, -0.2) is 9.50 Å². The third-order valence-electron chi connectivity index (χ3n) is 4.70. The average molecular weight is 419 g/mol. The molecule has 1 aromatic carbocycles. The fourth-order valence-corrected chi connectivity index (χ4v) is 4.08. The largest absolute Gasteiger partial charge is 0.326 e. The van der Waals surface area contributed by atoms with E-state index in [-0.39, 0.29) is 11.7 Å². The Morgan fingerprint density at radius 1 is 1.17 bits per heavy atom. The Hall–Kier alpha value is -3.32. The number of nitrogens with one attached hydrogen (secondary N) is 1. The number of nitrogens with zero attached hydrogens (tertiary/aromatic N) is 3. The molecular weight excluding hydrogens is 396 g/mol. The van der Waals surface area contributed by atoms with Crippen LogP contribution >= 0.6 is 11.3 Å². The first kappa shape index (κ1) is 20.0.